The van der Waals surface area contributed by atoms with E-state index in [1.54, 1.807) is 0 Å². The van der Waals surface area contributed by atoms with Gasteiger partial charge in [-0.2, -0.15) is 0 Å². The van der Waals surface area contributed by atoms with E-state index in [-0.39, 0.29) is 0 Å². The van der Waals surface area contributed by atoms with Crippen molar-refractivity contribution in [1.82, 2.24) is 9.97 Å². The molecule has 2 rings (SSSR count). The van der Waals surface area contributed by atoms with Gasteiger partial charge in [0.25, 0.3) is 0 Å². The second-order valence-corrected chi connectivity index (χ2v) is 6.90. The summed E-state index contributed by atoms with van der Waals surface area (Å²) in [4.78, 5) is 9.54. The maximum absolute atomic E-state index is 4.83. The molecule has 3 nitrogen and oxygen atoms in total. The van der Waals surface area contributed by atoms with E-state index < -0.39 is 0 Å². The predicted octanol–water partition coefficient (Wildman–Crippen LogP) is 4.61. The second-order valence-electron chi connectivity index (χ2n) is 5.82. The summed E-state index contributed by atoms with van der Waals surface area (Å²) < 4.78 is 1.12. The van der Waals surface area contributed by atoms with Gasteiger partial charge in [0.05, 0.1) is 9.26 Å². The van der Waals surface area contributed by atoms with Crippen LogP contribution in [-0.2, 0) is 6.42 Å². The number of hydrogen-bond donors (Lipinski definition) is 1. The molecule has 0 unspecified atom stereocenters. The van der Waals surface area contributed by atoms with Crippen LogP contribution in [0.2, 0.25) is 0 Å². The van der Waals surface area contributed by atoms with Gasteiger partial charge in [-0.3, -0.25) is 0 Å². The van der Waals surface area contributed by atoms with Crippen molar-refractivity contribution in [2.45, 2.75) is 34.1 Å². The molecule has 1 aromatic carbocycles. The number of rotatable bonds is 4. The number of nitrogens with zero attached hydrogens (tertiary/aromatic N) is 2. The molecule has 0 aliphatic heterocycles. The molecule has 0 radical (unpaired) electrons. The average Bonchev–Trinajstić information content (AvgIpc) is 2.43. The zero-order valence-electron chi connectivity index (χ0n) is 13.3. The Morgan fingerprint density at radius 1 is 1.19 bits per heavy atom. The molecule has 0 aliphatic rings. The summed E-state index contributed by atoms with van der Waals surface area (Å²) in [6.45, 7) is 8.64. The first-order valence-electron chi connectivity index (χ1n) is 7.24. The lowest BCUT2D eigenvalue weighted by Crippen LogP contribution is -2.08. The van der Waals surface area contributed by atoms with Crippen LogP contribution in [0.3, 0.4) is 0 Å². The maximum atomic E-state index is 4.83. The molecule has 0 atom stereocenters. The first-order chi connectivity index (χ1) is 9.92. The number of aromatic nitrogens is 2. The molecule has 21 heavy (non-hydrogen) atoms. The first-order valence-corrected chi connectivity index (χ1v) is 8.32. The van der Waals surface area contributed by atoms with Crippen LogP contribution < -0.4 is 5.32 Å². The monoisotopic (exact) mass is 395 g/mol. The van der Waals surface area contributed by atoms with E-state index in [9.17, 15) is 0 Å². The van der Waals surface area contributed by atoms with Crippen molar-refractivity contribution >= 4 is 28.4 Å². The van der Waals surface area contributed by atoms with Gasteiger partial charge < -0.3 is 5.32 Å². The van der Waals surface area contributed by atoms with Gasteiger partial charge >= 0.3 is 0 Å². The molecule has 4 heteroatoms. The first kappa shape index (κ1) is 16.2. The normalized spacial score (nSPS) is 11.0. The third-order valence-corrected chi connectivity index (χ3v) is 4.53. The Balaban J connectivity index is 2.60. The van der Waals surface area contributed by atoms with Crippen molar-refractivity contribution in [3.05, 3.63) is 38.6 Å². The molecular formula is C17H22IN3. The van der Waals surface area contributed by atoms with E-state index in [1.165, 1.54) is 11.1 Å². The minimum absolute atomic E-state index is 0.574. The molecule has 0 fully saturated rings. The van der Waals surface area contributed by atoms with E-state index >= 15 is 0 Å². The standard InChI is InChI=1S/C17H22IN3/c1-10(2)8-14-15(18)17(19-5)21-16(20-14)13-9-11(3)6-7-12(13)4/h6-7,9-10H,8H2,1-5H3,(H,19,20,21). The average molecular weight is 395 g/mol. The van der Waals surface area contributed by atoms with E-state index in [0.29, 0.717) is 5.92 Å². The molecule has 0 aliphatic carbocycles. The van der Waals surface area contributed by atoms with Crippen LogP contribution in [0, 0.1) is 23.3 Å². The topological polar surface area (TPSA) is 37.8 Å². The lowest BCUT2D eigenvalue weighted by molar-refractivity contribution is 0.632. The Bertz CT molecular complexity index is 651. The smallest absolute Gasteiger partial charge is 0.162 e. The molecule has 0 spiro atoms. The van der Waals surface area contributed by atoms with Crippen molar-refractivity contribution in [2.75, 3.05) is 12.4 Å². The summed E-state index contributed by atoms with van der Waals surface area (Å²) in [5.74, 6) is 2.30. The number of benzene rings is 1. The molecule has 112 valence electrons. The quantitative estimate of drug-likeness (QED) is 0.769. The zero-order valence-corrected chi connectivity index (χ0v) is 15.4. The number of hydrogen-bond acceptors (Lipinski definition) is 3. The summed E-state index contributed by atoms with van der Waals surface area (Å²) in [6, 6.07) is 6.42. The number of anilines is 1. The summed E-state index contributed by atoms with van der Waals surface area (Å²) in [7, 11) is 1.91. The molecule has 0 saturated carbocycles. The van der Waals surface area contributed by atoms with Crippen LogP contribution in [0.5, 0.6) is 0 Å². The van der Waals surface area contributed by atoms with Gasteiger partial charge in [0.1, 0.15) is 5.82 Å². The predicted molar refractivity (Wildman–Crippen MR) is 97.7 cm³/mol. The van der Waals surface area contributed by atoms with Gasteiger partial charge in [-0.1, -0.05) is 31.5 Å². The van der Waals surface area contributed by atoms with Crippen LogP contribution in [0.15, 0.2) is 18.2 Å². The largest absolute Gasteiger partial charge is 0.372 e. The van der Waals surface area contributed by atoms with E-state index in [4.69, 9.17) is 9.97 Å². The summed E-state index contributed by atoms with van der Waals surface area (Å²) in [5.41, 5.74) is 4.68. The highest BCUT2D eigenvalue weighted by Crippen LogP contribution is 2.27. The summed E-state index contributed by atoms with van der Waals surface area (Å²) in [6.07, 6.45) is 0.966. The number of halogens is 1. The van der Waals surface area contributed by atoms with Crippen LogP contribution in [-0.4, -0.2) is 17.0 Å². The molecule has 0 bridgehead atoms. The minimum atomic E-state index is 0.574. The Morgan fingerprint density at radius 2 is 1.90 bits per heavy atom. The van der Waals surface area contributed by atoms with Crippen LogP contribution in [0.1, 0.15) is 30.7 Å². The number of nitrogens with one attached hydrogen (secondary N) is 1. The van der Waals surface area contributed by atoms with Crippen LogP contribution in [0.25, 0.3) is 11.4 Å². The van der Waals surface area contributed by atoms with E-state index in [2.05, 4.69) is 73.8 Å². The fraction of sp³-hybridized carbons (Fsp3) is 0.412. The highest BCUT2D eigenvalue weighted by molar-refractivity contribution is 14.1. The third-order valence-electron chi connectivity index (χ3n) is 3.39. The zero-order chi connectivity index (χ0) is 15.6. The SMILES string of the molecule is CNc1nc(-c2cc(C)ccc2C)nc(CC(C)C)c1I. The lowest BCUT2D eigenvalue weighted by atomic mass is 10.0. The van der Waals surface area contributed by atoms with Crippen molar-refractivity contribution in [3.8, 4) is 11.4 Å². The highest BCUT2D eigenvalue weighted by atomic mass is 127. The Kier molecular flexibility index (Phi) is 5.19. The van der Waals surface area contributed by atoms with Crippen molar-refractivity contribution in [2.24, 2.45) is 5.92 Å². The maximum Gasteiger partial charge on any atom is 0.162 e. The lowest BCUT2D eigenvalue weighted by Gasteiger charge is -2.14. The molecular weight excluding hydrogens is 373 g/mol. The van der Waals surface area contributed by atoms with Crippen molar-refractivity contribution in [1.29, 1.82) is 0 Å². The highest BCUT2D eigenvalue weighted by Gasteiger charge is 2.15. The molecule has 1 heterocycles. The van der Waals surface area contributed by atoms with Gasteiger partial charge in [-0.05, 0) is 60.4 Å². The number of aryl methyl sites for hydroxylation is 2. The Morgan fingerprint density at radius 3 is 2.52 bits per heavy atom. The summed E-state index contributed by atoms with van der Waals surface area (Å²) in [5, 5.41) is 3.19. The molecule has 2 aromatic rings. The third kappa shape index (κ3) is 3.73. The van der Waals surface area contributed by atoms with Gasteiger partial charge in [0, 0.05) is 12.6 Å². The summed E-state index contributed by atoms with van der Waals surface area (Å²) >= 11 is 2.34. The molecule has 1 aromatic heterocycles. The molecule has 0 amide bonds. The van der Waals surface area contributed by atoms with Gasteiger partial charge in [0.2, 0.25) is 0 Å². The van der Waals surface area contributed by atoms with Crippen molar-refractivity contribution in [3.63, 3.8) is 0 Å². The second kappa shape index (κ2) is 6.73. The van der Waals surface area contributed by atoms with Crippen molar-refractivity contribution < 1.29 is 0 Å². The van der Waals surface area contributed by atoms with E-state index in [1.807, 2.05) is 7.05 Å². The van der Waals surface area contributed by atoms with E-state index in [0.717, 1.165) is 32.9 Å². The van der Waals surface area contributed by atoms with Gasteiger partial charge in [-0.25, -0.2) is 9.97 Å². The Labute approximate surface area is 140 Å². The minimum Gasteiger partial charge on any atom is -0.372 e. The molecule has 1 N–H and O–H groups in total. The van der Waals surface area contributed by atoms with Gasteiger partial charge in [-0.15, -0.1) is 0 Å². The Hall–Kier alpha value is -1.17. The van der Waals surface area contributed by atoms with Crippen LogP contribution in [0.4, 0.5) is 5.82 Å². The fourth-order valence-corrected chi connectivity index (χ4v) is 3.01. The molecule has 0 saturated heterocycles. The fourth-order valence-electron chi connectivity index (χ4n) is 2.28. The van der Waals surface area contributed by atoms with Crippen LogP contribution >= 0.6 is 22.6 Å². The van der Waals surface area contributed by atoms with Gasteiger partial charge in [0.15, 0.2) is 5.82 Å².